The highest BCUT2D eigenvalue weighted by Gasteiger charge is 2.25. The molecule has 2 atom stereocenters. The van der Waals surface area contributed by atoms with Crippen LogP contribution in [0.3, 0.4) is 0 Å². The van der Waals surface area contributed by atoms with Gasteiger partial charge >= 0.3 is 0 Å². The van der Waals surface area contributed by atoms with Crippen molar-refractivity contribution in [1.82, 2.24) is 10.1 Å². The summed E-state index contributed by atoms with van der Waals surface area (Å²) >= 11 is 0. The lowest BCUT2D eigenvalue weighted by Gasteiger charge is -2.29. The Morgan fingerprint density at radius 1 is 1.29 bits per heavy atom. The molecule has 0 spiro atoms. The van der Waals surface area contributed by atoms with Crippen molar-refractivity contribution in [3.63, 3.8) is 0 Å². The van der Waals surface area contributed by atoms with E-state index in [1.165, 1.54) is 29.2 Å². The first-order chi connectivity index (χ1) is 10.1. The minimum Gasteiger partial charge on any atom is -0.384 e. The molecule has 1 aromatic carbocycles. The average Bonchev–Trinajstić information content (AvgIpc) is 2.84. The van der Waals surface area contributed by atoms with E-state index in [9.17, 15) is 13.6 Å². The molecule has 2 aromatic rings. The Bertz CT molecular complexity index is 660. The Morgan fingerprint density at radius 2 is 2.05 bits per heavy atom. The molecular formula is C15H16F2N2O2. The van der Waals surface area contributed by atoms with Crippen LogP contribution in [0.25, 0.3) is 0 Å². The van der Waals surface area contributed by atoms with Crippen molar-refractivity contribution in [2.75, 3.05) is 6.54 Å². The summed E-state index contributed by atoms with van der Waals surface area (Å²) in [5.41, 5.74) is 0.454. The third-order valence-electron chi connectivity index (χ3n) is 3.81. The van der Waals surface area contributed by atoms with Gasteiger partial charge in [-0.15, -0.1) is 0 Å². The quantitative estimate of drug-likeness (QED) is 0.944. The molecule has 0 unspecified atom stereocenters. The van der Waals surface area contributed by atoms with Crippen molar-refractivity contribution >= 4 is 0 Å². The van der Waals surface area contributed by atoms with Crippen LogP contribution in [0, 0.1) is 11.6 Å². The van der Waals surface area contributed by atoms with E-state index in [1.807, 2.05) is 0 Å². The van der Waals surface area contributed by atoms with E-state index in [1.54, 1.807) is 0 Å². The summed E-state index contributed by atoms with van der Waals surface area (Å²) in [5, 5.41) is 3.32. The van der Waals surface area contributed by atoms with Crippen LogP contribution in [0.1, 0.15) is 24.4 Å². The van der Waals surface area contributed by atoms with E-state index in [0.717, 1.165) is 19.0 Å². The highest BCUT2D eigenvalue weighted by Crippen LogP contribution is 2.23. The molecule has 1 N–H and O–H groups in total. The minimum absolute atomic E-state index is 0.0165. The second-order valence-corrected chi connectivity index (χ2v) is 5.38. The smallest absolute Gasteiger partial charge is 0.282 e. The van der Waals surface area contributed by atoms with Crippen molar-refractivity contribution < 1.29 is 13.3 Å². The van der Waals surface area contributed by atoms with Gasteiger partial charge in [-0.3, -0.25) is 4.79 Å². The van der Waals surface area contributed by atoms with Gasteiger partial charge in [0, 0.05) is 18.2 Å². The molecule has 3 rings (SSSR count). The average molecular weight is 294 g/mol. The Kier molecular flexibility index (Phi) is 3.88. The van der Waals surface area contributed by atoms with Crippen LogP contribution in [-0.2, 0) is 6.42 Å². The number of hydrogen-bond donors (Lipinski definition) is 1. The summed E-state index contributed by atoms with van der Waals surface area (Å²) in [5.74, 6) is -1.14. The van der Waals surface area contributed by atoms with Crippen LogP contribution in [-0.4, -0.2) is 17.3 Å². The van der Waals surface area contributed by atoms with Gasteiger partial charge in [0.05, 0.1) is 6.04 Å². The largest absolute Gasteiger partial charge is 0.384 e. The van der Waals surface area contributed by atoms with Crippen molar-refractivity contribution in [3.8, 4) is 0 Å². The molecule has 1 aliphatic rings. The first kappa shape index (κ1) is 14.0. The van der Waals surface area contributed by atoms with Gasteiger partial charge in [-0.1, -0.05) is 0 Å². The molecule has 2 heterocycles. The number of nitrogens with zero attached hydrogens (tertiary/aromatic N) is 1. The van der Waals surface area contributed by atoms with Crippen molar-refractivity contribution in [3.05, 3.63) is 58.1 Å². The number of benzene rings is 1. The summed E-state index contributed by atoms with van der Waals surface area (Å²) < 4.78 is 33.0. The molecule has 1 fully saturated rings. The van der Waals surface area contributed by atoms with Crippen molar-refractivity contribution in [2.24, 2.45) is 0 Å². The van der Waals surface area contributed by atoms with Crippen molar-refractivity contribution in [2.45, 2.75) is 31.3 Å². The molecule has 0 amide bonds. The van der Waals surface area contributed by atoms with Crippen LogP contribution in [0.15, 0.2) is 39.8 Å². The lowest BCUT2D eigenvalue weighted by atomic mass is 9.94. The number of nitrogens with one attached hydrogen (secondary N) is 1. The molecule has 0 bridgehead atoms. The fourth-order valence-electron chi connectivity index (χ4n) is 2.91. The van der Waals surface area contributed by atoms with Gasteiger partial charge in [-0.25, -0.2) is 8.78 Å². The van der Waals surface area contributed by atoms with Crippen LogP contribution in [0.4, 0.5) is 8.78 Å². The van der Waals surface area contributed by atoms with Gasteiger partial charge in [0.1, 0.15) is 17.9 Å². The van der Waals surface area contributed by atoms with Crippen LogP contribution in [0.5, 0.6) is 0 Å². The molecule has 1 aromatic heterocycles. The first-order valence-electron chi connectivity index (χ1n) is 6.97. The molecule has 6 heteroatoms. The Hall–Kier alpha value is -1.95. The summed E-state index contributed by atoms with van der Waals surface area (Å²) in [4.78, 5) is 11.6. The molecule has 0 radical (unpaired) electrons. The third kappa shape index (κ3) is 3.21. The second kappa shape index (κ2) is 5.81. The van der Waals surface area contributed by atoms with E-state index in [0.29, 0.717) is 18.4 Å². The second-order valence-electron chi connectivity index (χ2n) is 5.38. The van der Waals surface area contributed by atoms with E-state index in [2.05, 4.69) is 5.32 Å². The summed E-state index contributed by atoms with van der Waals surface area (Å²) in [6, 6.07) is 4.97. The summed E-state index contributed by atoms with van der Waals surface area (Å²) in [6.07, 6.45) is 3.37. The monoisotopic (exact) mass is 294 g/mol. The number of halogens is 2. The lowest BCUT2D eigenvalue weighted by Crippen LogP contribution is -2.41. The number of piperidine rings is 1. The topological polar surface area (TPSA) is 47.2 Å². The Labute approximate surface area is 120 Å². The maximum atomic E-state index is 13.2. The lowest BCUT2D eigenvalue weighted by molar-refractivity contribution is 0.161. The fraction of sp³-hybridized carbons (Fsp3) is 0.400. The summed E-state index contributed by atoms with van der Waals surface area (Å²) in [6.45, 7) is 0.736. The molecule has 112 valence electrons. The van der Waals surface area contributed by atoms with E-state index < -0.39 is 11.6 Å². The standard InChI is InChI=1S/C15H16F2N2O2/c16-11-5-10(6-12(17)8-11)7-13-9-14(1-3-18-13)19-15(20)2-4-21-19/h2,4-6,8,13-14,18H,1,3,7,9H2/t13-,14+/m0/s1. The third-order valence-corrected chi connectivity index (χ3v) is 3.81. The normalized spacial score (nSPS) is 22.4. The zero-order valence-electron chi connectivity index (χ0n) is 11.4. The summed E-state index contributed by atoms with van der Waals surface area (Å²) in [7, 11) is 0. The minimum atomic E-state index is -0.570. The van der Waals surface area contributed by atoms with E-state index >= 15 is 0 Å². The number of hydrogen-bond acceptors (Lipinski definition) is 3. The molecular weight excluding hydrogens is 278 g/mol. The Morgan fingerprint density at radius 3 is 2.71 bits per heavy atom. The molecule has 4 nitrogen and oxygen atoms in total. The SMILES string of the molecule is O=c1ccon1[C@@H]1CCN[C@@H](Cc2cc(F)cc(F)c2)C1. The van der Waals surface area contributed by atoms with Gasteiger partial charge in [0.25, 0.3) is 5.56 Å². The zero-order chi connectivity index (χ0) is 14.8. The zero-order valence-corrected chi connectivity index (χ0v) is 11.4. The Balaban J connectivity index is 1.71. The van der Waals surface area contributed by atoms with Gasteiger partial charge in [0.2, 0.25) is 0 Å². The van der Waals surface area contributed by atoms with Gasteiger partial charge in [-0.05, 0) is 43.5 Å². The van der Waals surface area contributed by atoms with Crippen molar-refractivity contribution in [1.29, 1.82) is 0 Å². The van der Waals surface area contributed by atoms with Gasteiger partial charge in [0.15, 0.2) is 0 Å². The maximum absolute atomic E-state index is 13.2. The predicted molar refractivity (Wildman–Crippen MR) is 73.1 cm³/mol. The number of aromatic nitrogens is 1. The number of rotatable bonds is 3. The predicted octanol–water partition coefficient (Wildman–Crippen LogP) is 2.26. The molecule has 1 saturated heterocycles. The van der Waals surface area contributed by atoms with Crippen LogP contribution >= 0.6 is 0 Å². The fourth-order valence-corrected chi connectivity index (χ4v) is 2.91. The molecule has 21 heavy (non-hydrogen) atoms. The molecule has 1 aliphatic heterocycles. The highest BCUT2D eigenvalue weighted by atomic mass is 19.1. The highest BCUT2D eigenvalue weighted by molar-refractivity contribution is 5.19. The molecule has 0 aliphatic carbocycles. The van der Waals surface area contributed by atoms with Gasteiger partial charge in [-0.2, -0.15) is 4.74 Å². The first-order valence-corrected chi connectivity index (χ1v) is 6.97. The van der Waals surface area contributed by atoms with Crippen LogP contribution < -0.4 is 10.9 Å². The molecule has 0 saturated carbocycles. The van der Waals surface area contributed by atoms with Crippen LogP contribution in [0.2, 0.25) is 0 Å². The van der Waals surface area contributed by atoms with E-state index in [4.69, 9.17) is 4.52 Å². The van der Waals surface area contributed by atoms with Gasteiger partial charge < -0.3 is 9.84 Å². The van der Waals surface area contributed by atoms with E-state index in [-0.39, 0.29) is 17.6 Å². The maximum Gasteiger partial charge on any atom is 0.282 e.